The third-order valence-electron chi connectivity index (χ3n) is 3.94. The van der Waals surface area contributed by atoms with Crippen molar-refractivity contribution in [2.24, 2.45) is 0 Å². The normalized spacial score (nSPS) is 9.90. The number of nitrogens with zero attached hydrogens (tertiary/aromatic N) is 1. The van der Waals surface area contributed by atoms with Gasteiger partial charge in [-0.1, -0.05) is 0 Å². The number of ether oxygens (including phenoxy) is 3. The first-order valence-corrected chi connectivity index (χ1v) is 8.47. The third-order valence-corrected chi connectivity index (χ3v) is 3.94. The van der Waals surface area contributed by atoms with Crippen LogP contribution >= 0.6 is 0 Å². The Kier molecular flexibility index (Phi) is 7.23. The van der Waals surface area contributed by atoms with E-state index in [1.165, 1.54) is 25.3 Å². The van der Waals surface area contributed by atoms with E-state index in [1.54, 1.807) is 0 Å². The molecule has 0 saturated carbocycles. The minimum Gasteiger partial charge on any atom is -0.495 e. The van der Waals surface area contributed by atoms with Crippen LogP contribution in [0.5, 0.6) is 5.75 Å². The van der Waals surface area contributed by atoms with Gasteiger partial charge in [-0.2, -0.15) is 0 Å². The van der Waals surface area contributed by atoms with E-state index in [0.717, 1.165) is 32.4 Å². The van der Waals surface area contributed by atoms with Crippen molar-refractivity contribution in [3.05, 3.63) is 57.6 Å². The van der Waals surface area contributed by atoms with E-state index < -0.39 is 28.7 Å². The van der Waals surface area contributed by atoms with Gasteiger partial charge < -0.3 is 24.8 Å². The van der Waals surface area contributed by atoms with Crippen LogP contribution in [-0.4, -0.2) is 50.0 Å². The van der Waals surface area contributed by atoms with Crippen LogP contribution in [0.4, 0.5) is 17.1 Å². The Morgan fingerprint density at radius 1 is 0.839 bits per heavy atom. The summed E-state index contributed by atoms with van der Waals surface area (Å²) in [6.07, 6.45) is 0. The molecule has 0 aliphatic heterocycles. The van der Waals surface area contributed by atoms with E-state index in [2.05, 4.69) is 20.1 Å². The van der Waals surface area contributed by atoms with Gasteiger partial charge in [-0.05, 0) is 24.3 Å². The largest absolute Gasteiger partial charge is 0.495 e. The van der Waals surface area contributed by atoms with Crippen LogP contribution in [0.3, 0.4) is 0 Å². The number of carbonyl (C=O) groups is 4. The number of nitro groups is 1. The highest BCUT2D eigenvalue weighted by molar-refractivity contribution is 6.44. The molecule has 12 nitrogen and oxygen atoms in total. The lowest BCUT2D eigenvalue weighted by molar-refractivity contribution is -0.384. The summed E-state index contributed by atoms with van der Waals surface area (Å²) in [5, 5.41) is 15.4. The first kappa shape index (κ1) is 22.8. The molecular weight excluding hydrogens is 414 g/mol. The summed E-state index contributed by atoms with van der Waals surface area (Å²) in [6.45, 7) is 0. The number of carbonyl (C=O) groups excluding carboxylic acids is 4. The first-order chi connectivity index (χ1) is 14.7. The Morgan fingerprint density at radius 2 is 1.45 bits per heavy atom. The Hall–Kier alpha value is -4.48. The van der Waals surface area contributed by atoms with Gasteiger partial charge >= 0.3 is 23.8 Å². The van der Waals surface area contributed by atoms with Crippen LogP contribution in [0.1, 0.15) is 20.7 Å². The Bertz CT molecular complexity index is 1070. The predicted octanol–water partition coefficient (Wildman–Crippen LogP) is 1.75. The van der Waals surface area contributed by atoms with Crippen LogP contribution in [0.15, 0.2) is 36.4 Å². The van der Waals surface area contributed by atoms with Crippen molar-refractivity contribution in [1.29, 1.82) is 0 Å². The maximum Gasteiger partial charge on any atom is 0.339 e. The van der Waals surface area contributed by atoms with Crippen LogP contribution in [0, 0.1) is 10.1 Å². The van der Waals surface area contributed by atoms with Gasteiger partial charge in [0.15, 0.2) is 0 Å². The zero-order valence-electron chi connectivity index (χ0n) is 16.6. The van der Waals surface area contributed by atoms with Crippen LogP contribution < -0.4 is 15.4 Å². The van der Waals surface area contributed by atoms with Crippen LogP contribution in [0.2, 0.25) is 0 Å². The molecule has 0 saturated heterocycles. The summed E-state index contributed by atoms with van der Waals surface area (Å²) in [6, 6.07) is 7.06. The second-order valence-corrected chi connectivity index (χ2v) is 5.79. The number of methoxy groups -OCH3 is 3. The molecule has 0 radical (unpaired) electrons. The zero-order valence-corrected chi connectivity index (χ0v) is 16.6. The number of benzene rings is 2. The summed E-state index contributed by atoms with van der Waals surface area (Å²) in [7, 11) is 3.54. The Balaban J connectivity index is 2.31. The molecule has 0 bridgehead atoms. The molecule has 0 aliphatic carbocycles. The molecule has 2 rings (SSSR count). The lowest BCUT2D eigenvalue weighted by Gasteiger charge is -2.12. The fraction of sp³-hybridized carbons (Fsp3) is 0.158. The molecule has 0 unspecified atom stereocenters. The van der Waals surface area contributed by atoms with E-state index in [-0.39, 0.29) is 33.9 Å². The van der Waals surface area contributed by atoms with E-state index >= 15 is 0 Å². The van der Waals surface area contributed by atoms with Gasteiger partial charge in [0, 0.05) is 12.1 Å². The number of esters is 2. The van der Waals surface area contributed by atoms with Gasteiger partial charge in [-0.25, -0.2) is 9.59 Å². The van der Waals surface area contributed by atoms with Gasteiger partial charge in [0.2, 0.25) is 0 Å². The molecule has 0 aliphatic rings. The highest BCUT2D eigenvalue weighted by Gasteiger charge is 2.22. The summed E-state index contributed by atoms with van der Waals surface area (Å²) in [5.41, 5.74) is -0.750. The van der Waals surface area contributed by atoms with Crippen molar-refractivity contribution in [3.8, 4) is 5.75 Å². The molecule has 2 amide bonds. The van der Waals surface area contributed by atoms with E-state index in [9.17, 15) is 29.3 Å². The monoisotopic (exact) mass is 431 g/mol. The summed E-state index contributed by atoms with van der Waals surface area (Å²) < 4.78 is 14.2. The maximum atomic E-state index is 12.4. The molecular formula is C19H17N3O9. The van der Waals surface area contributed by atoms with Crippen molar-refractivity contribution < 1.29 is 38.3 Å². The molecule has 2 aromatic rings. The second-order valence-electron chi connectivity index (χ2n) is 5.79. The zero-order chi connectivity index (χ0) is 23.1. The van der Waals surface area contributed by atoms with Crippen molar-refractivity contribution in [2.45, 2.75) is 0 Å². The second kappa shape index (κ2) is 9.82. The van der Waals surface area contributed by atoms with E-state index in [4.69, 9.17) is 4.74 Å². The average molecular weight is 431 g/mol. The van der Waals surface area contributed by atoms with Gasteiger partial charge in [-0.3, -0.25) is 19.7 Å². The Morgan fingerprint density at radius 3 is 2.00 bits per heavy atom. The van der Waals surface area contributed by atoms with Gasteiger partial charge in [0.1, 0.15) is 5.75 Å². The highest BCUT2D eigenvalue weighted by Crippen LogP contribution is 2.29. The predicted molar refractivity (Wildman–Crippen MR) is 106 cm³/mol. The fourth-order valence-electron chi connectivity index (χ4n) is 2.45. The summed E-state index contributed by atoms with van der Waals surface area (Å²) in [4.78, 5) is 58.7. The van der Waals surface area contributed by atoms with E-state index in [0.29, 0.717) is 0 Å². The van der Waals surface area contributed by atoms with Crippen molar-refractivity contribution in [3.63, 3.8) is 0 Å². The molecule has 0 aromatic heterocycles. The van der Waals surface area contributed by atoms with E-state index in [1.807, 2.05) is 0 Å². The lowest BCUT2D eigenvalue weighted by atomic mass is 10.1. The number of nitro benzene ring substituents is 1. The smallest absolute Gasteiger partial charge is 0.339 e. The molecule has 162 valence electrons. The number of non-ortho nitro benzene ring substituents is 1. The quantitative estimate of drug-likeness (QED) is 0.300. The molecule has 0 spiro atoms. The number of anilines is 2. The van der Waals surface area contributed by atoms with Crippen molar-refractivity contribution >= 4 is 40.8 Å². The van der Waals surface area contributed by atoms with Crippen molar-refractivity contribution in [2.75, 3.05) is 32.0 Å². The fourth-order valence-corrected chi connectivity index (χ4v) is 2.45. The molecule has 0 atom stereocenters. The van der Waals surface area contributed by atoms with Gasteiger partial charge in [0.05, 0.1) is 48.8 Å². The summed E-state index contributed by atoms with van der Waals surface area (Å²) >= 11 is 0. The SMILES string of the molecule is COC(=O)c1ccc(C(=O)OC)c(NC(=O)C(=O)Nc2cc([N+](=O)[O-])ccc2OC)c1. The standard InChI is InChI=1S/C19H17N3O9/c1-29-15-7-5-11(22(27)28)9-14(15)21-17(24)16(23)20-13-8-10(18(25)30-2)4-6-12(13)19(26)31-3/h4-9H,1-3H3,(H,20,23)(H,21,24). The minimum atomic E-state index is -1.22. The van der Waals surface area contributed by atoms with Gasteiger partial charge in [0.25, 0.3) is 5.69 Å². The Labute approximate surface area is 175 Å². The average Bonchev–Trinajstić information content (AvgIpc) is 2.77. The molecule has 2 aromatic carbocycles. The van der Waals surface area contributed by atoms with Crippen LogP contribution in [-0.2, 0) is 19.1 Å². The number of hydrogen-bond acceptors (Lipinski definition) is 9. The molecule has 2 N–H and O–H groups in total. The minimum absolute atomic E-state index is 0.00575. The molecule has 12 heteroatoms. The molecule has 0 heterocycles. The third kappa shape index (κ3) is 5.32. The maximum absolute atomic E-state index is 12.4. The number of nitrogens with one attached hydrogen (secondary N) is 2. The number of rotatable bonds is 6. The van der Waals surface area contributed by atoms with Crippen LogP contribution in [0.25, 0.3) is 0 Å². The molecule has 31 heavy (non-hydrogen) atoms. The van der Waals surface area contributed by atoms with Crippen molar-refractivity contribution in [1.82, 2.24) is 0 Å². The topological polar surface area (TPSA) is 163 Å². The first-order valence-electron chi connectivity index (χ1n) is 8.47. The molecule has 0 fully saturated rings. The van der Waals surface area contributed by atoms with Gasteiger partial charge in [-0.15, -0.1) is 0 Å². The highest BCUT2D eigenvalue weighted by atomic mass is 16.6. The number of hydrogen-bond donors (Lipinski definition) is 2. The summed E-state index contributed by atoms with van der Waals surface area (Å²) in [5.74, 6) is -3.92. The lowest BCUT2D eigenvalue weighted by Crippen LogP contribution is -2.30. The number of amides is 2.